The number of aliphatic carboxylic acids is 2. The summed E-state index contributed by atoms with van der Waals surface area (Å²) in [5.74, 6) is -1.61. The van der Waals surface area contributed by atoms with Crippen molar-refractivity contribution >= 4 is 66.3 Å². The molecule has 1 aliphatic rings. The summed E-state index contributed by atoms with van der Waals surface area (Å²) < 4.78 is 54.8. The monoisotopic (exact) mass is 1070 g/mol. The average Bonchev–Trinajstić information content (AvgIpc) is 3.38. The lowest BCUT2D eigenvalue weighted by Crippen LogP contribution is -2.25. The Labute approximate surface area is 439 Å². The first-order valence-electron chi connectivity index (χ1n) is 24.2. The van der Waals surface area contributed by atoms with Crippen molar-refractivity contribution in [2.45, 2.75) is 99.3 Å². The van der Waals surface area contributed by atoms with E-state index in [1.54, 1.807) is 49.1 Å². The zero-order valence-electron chi connectivity index (χ0n) is 40.6. The van der Waals surface area contributed by atoms with Gasteiger partial charge < -0.3 is 15.9 Å². The molecule has 0 aliphatic heterocycles. The fourth-order valence-corrected chi connectivity index (χ4v) is 10.1. The number of unbranched alkanes of at least 4 members (excludes halogenated alkanes) is 2. The van der Waals surface area contributed by atoms with Crippen molar-refractivity contribution in [2.24, 2.45) is 5.73 Å². The van der Waals surface area contributed by atoms with Crippen molar-refractivity contribution in [3.8, 4) is 0 Å². The highest BCUT2D eigenvalue weighted by Gasteiger charge is 2.15. The van der Waals surface area contributed by atoms with Crippen molar-refractivity contribution in [2.75, 3.05) is 13.1 Å². The maximum absolute atomic E-state index is 12.4. The number of pyridine rings is 2. The van der Waals surface area contributed by atoms with Crippen molar-refractivity contribution in [1.29, 1.82) is 0 Å². The van der Waals surface area contributed by atoms with Crippen LogP contribution in [-0.4, -0.2) is 68.1 Å². The van der Waals surface area contributed by atoms with E-state index in [1.807, 2.05) is 84.9 Å². The van der Waals surface area contributed by atoms with E-state index in [0.29, 0.717) is 54.6 Å². The molecule has 386 valence electrons. The number of hydrogen-bond donors (Lipinski definition) is 5. The zero-order valence-corrected chi connectivity index (χ0v) is 43.7. The predicted molar refractivity (Wildman–Crippen MR) is 290 cm³/mol. The molecule has 17 heteroatoms. The summed E-state index contributed by atoms with van der Waals surface area (Å²) in [6.07, 6.45) is 21.5. The highest BCUT2D eigenvalue weighted by molar-refractivity contribution is 7.89. The van der Waals surface area contributed by atoms with Gasteiger partial charge in [-0.3, -0.25) is 19.6 Å². The summed E-state index contributed by atoms with van der Waals surface area (Å²) in [6.45, 7) is 0.537. The van der Waals surface area contributed by atoms with Crippen LogP contribution in [0.1, 0.15) is 104 Å². The van der Waals surface area contributed by atoms with Gasteiger partial charge in [-0.25, -0.2) is 26.3 Å². The Bertz CT molecular complexity index is 2730. The van der Waals surface area contributed by atoms with Crippen LogP contribution in [0.25, 0.3) is 11.1 Å². The van der Waals surface area contributed by atoms with Crippen LogP contribution in [-0.2, 0) is 42.5 Å². The second-order valence-corrected chi connectivity index (χ2v) is 21.7. The van der Waals surface area contributed by atoms with Crippen LogP contribution in [0, 0.1) is 0 Å². The van der Waals surface area contributed by atoms with Gasteiger partial charge in [-0.1, -0.05) is 115 Å². The minimum atomic E-state index is -3.59. The number of carboxylic acid groups (broad SMARTS) is 2. The zero-order chi connectivity index (χ0) is 52.5. The van der Waals surface area contributed by atoms with Crippen LogP contribution in [0.2, 0.25) is 10.0 Å². The van der Waals surface area contributed by atoms with Gasteiger partial charge in [0.15, 0.2) is 0 Å². The largest absolute Gasteiger partial charge is 0.481 e. The number of benzene rings is 4. The molecular formula is C56H63Cl2N5O8S2. The molecule has 73 heavy (non-hydrogen) atoms. The van der Waals surface area contributed by atoms with Crippen molar-refractivity contribution in [3.05, 3.63) is 202 Å². The number of nitrogens with one attached hydrogen (secondary N) is 2. The Hall–Kier alpha value is -6.04. The number of carbonyl (C=O) groups is 2. The molecule has 4 aromatic carbocycles. The molecule has 0 spiro atoms. The summed E-state index contributed by atoms with van der Waals surface area (Å²) in [5.41, 5.74) is 13.5. The minimum absolute atomic E-state index is 0.127. The Morgan fingerprint density at radius 2 is 0.945 bits per heavy atom. The summed E-state index contributed by atoms with van der Waals surface area (Å²) >= 11 is 11.6. The van der Waals surface area contributed by atoms with Crippen LogP contribution in [0.15, 0.2) is 168 Å². The van der Waals surface area contributed by atoms with Gasteiger partial charge in [0.1, 0.15) is 0 Å². The number of hydrogen-bond acceptors (Lipinski definition) is 9. The normalized spacial score (nSPS) is 13.2. The highest BCUT2D eigenvalue weighted by Crippen LogP contribution is 2.27. The molecule has 2 heterocycles. The van der Waals surface area contributed by atoms with E-state index in [2.05, 4.69) is 19.4 Å². The van der Waals surface area contributed by atoms with Crippen LogP contribution in [0.4, 0.5) is 0 Å². The second-order valence-electron chi connectivity index (χ2n) is 17.3. The van der Waals surface area contributed by atoms with Crippen molar-refractivity contribution in [3.63, 3.8) is 0 Å². The number of rotatable bonds is 22. The Morgan fingerprint density at radius 1 is 0.562 bits per heavy atom. The number of sulfonamides is 2. The second kappa shape index (κ2) is 30.2. The third-order valence-corrected chi connectivity index (χ3v) is 15.1. The topological polar surface area (TPSA) is 219 Å². The van der Waals surface area contributed by atoms with E-state index in [1.165, 1.54) is 56.4 Å². The molecule has 0 radical (unpaired) electrons. The third-order valence-electron chi connectivity index (χ3n) is 11.7. The summed E-state index contributed by atoms with van der Waals surface area (Å²) in [4.78, 5) is 30.3. The summed E-state index contributed by atoms with van der Waals surface area (Å²) in [5, 5.41) is 18.7. The lowest BCUT2D eigenvalue weighted by molar-refractivity contribution is -0.138. The van der Waals surface area contributed by atoms with Gasteiger partial charge in [0.05, 0.1) is 9.79 Å². The molecule has 0 unspecified atom stereocenters. The molecule has 6 N–H and O–H groups in total. The molecule has 1 saturated carbocycles. The predicted octanol–water partition coefficient (Wildman–Crippen LogP) is 11.2. The first-order valence-corrected chi connectivity index (χ1v) is 27.9. The fourth-order valence-electron chi connectivity index (χ4n) is 7.74. The third kappa shape index (κ3) is 20.8. The standard InChI is InChI=1S/2C25H25ClN2O4S.C6H13N/c2*26-22-11-13-23(14-12-22)33(31,32)28-17-15-19-7-9-20(10-8-19)24(5-1-2-6-25(29)30)21-4-3-16-27-18-21;7-6-4-2-1-3-5-6/h2*3-5,7-14,16,18,28H,1-2,6,15,17H2,(H,29,30);6H,1-5,7H2. The van der Waals surface area contributed by atoms with Gasteiger partial charge in [0, 0.05) is 77.9 Å². The number of nitrogens with zero attached hydrogens (tertiary/aromatic N) is 2. The maximum atomic E-state index is 12.4. The number of nitrogens with two attached hydrogens (primary N) is 1. The van der Waals surface area contributed by atoms with E-state index in [0.717, 1.165) is 44.5 Å². The number of carboxylic acids is 2. The molecular weight excluding hydrogens is 1010 g/mol. The highest BCUT2D eigenvalue weighted by atomic mass is 35.5. The number of halogens is 2. The molecule has 0 saturated heterocycles. The molecule has 7 rings (SSSR count). The Balaban J connectivity index is 0.000000238. The van der Waals surface area contributed by atoms with E-state index < -0.39 is 32.0 Å². The Kier molecular flexibility index (Phi) is 24.0. The van der Waals surface area contributed by atoms with Gasteiger partial charge in [-0.05, 0) is 145 Å². The summed E-state index contributed by atoms with van der Waals surface area (Å²) in [6, 6.07) is 36.1. The first kappa shape index (κ1) is 57.9. The molecule has 2 aromatic heterocycles. The number of allylic oxidation sites excluding steroid dienone is 2. The Morgan fingerprint density at radius 3 is 1.26 bits per heavy atom. The molecule has 1 aliphatic carbocycles. The van der Waals surface area contributed by atoms with Gasteiger partial charge >= 0.3 is 11.9 Å². The van der Waals surface area contributed by atoms with E-state index in [9.17, 15) is 26.4 Å². The van der Waals surface area contributed by atoms with Crippen molar-refractivity contribution < 1.29 is 36.6 Å². The van der Waals surface area contributed by atoms with Gasteiger partial charge in [-0.2, -0.15) is 0 Å². The van der Waals surface area contributed by atoms with E-state index in [-0.39, 0.29) is 35.7 Å². The van der Waals surface area contributed by atoms with Crippen molar-refractivity contribution in [1.82, 2.24) is 19.4 Å². The molecule has 6 aromatic rings. The van der Waals surface area contributed by atoms with Crippen LogP contribution >= 0.6 is 23.2 Å². The summed E-state index contributed by atoms with van der Waals surface area (Å²) in [7, 11) is -7.18. The van der Waals surface area contributed by atoms with E-state index >= 15 is 0 Å². The minimum Gasteiger partial charge on any atom is -0.481 e. The number of aromatic nitrogens is 2. The van der Waals surface area contributed by atoms with Gasteiger partial charge in [0.25, 0.3) is 0 Å². The van der Waals surface area contributed by atoms with Gasteiger partial charge in [0.2, 0.25) is 20.0 Å². The van der Waals surface area contributed by atoms with E-state index in [4.69, 9.17) is 39.1 Å². The average molecular weight is 1070 g/mol. The molecule has 0 amide bonds. The molecule has 0 bridgehead atoms. The maximum Gasteiger partial charge on any atom is 0.303 e. The molecule has 0 atom stereocenters. The molecule has 13 nitrogen and oxygen atoms in total. The molecule has 1 fully saturated rings. The quantitative estimate of drug-likeness (QED) is 0.0403. The lowest BCUT2D eigenvalue weighted by Gasteiger charge is -2.15. The fraction of sp³-hybridized carbons (Fsp3) is 0.286. The smallest absolute Gasteiger partial charge is 0.303 e. The van der Waals surface area contributed by atoms with Crippen LogP contribution in [0.3, 0.4) is 0 Å². The van der Waals surface area contributed by atoms with Crippen LogP contribution in [0.5, 0.6) is 0 Å². The lowest BCUT2D eigenvalue weighted by atomic mass is 9.96. The SMILES string of the molecule is NC1CCCCC1.O=C(O)CCCC=C(c1ccc(CCNS(=O)(=O)c2ccc(Cl)cc2)cc1)c1cccnc1.O=C(O)CCCC=C(c1ccc(CCNS(=O)(=O)c2ccc(Cl)cc2)cc1)c1cccnc1. The van der Waals surface area contributed by atoms with Gasteiger partial charge in [-0.15, -0.1) is 0 Å². The first-order chi connectivity index (χ1) is 35.1. The van der Waals surface area contributed by atoms with Crippen LogP contribution < -0.4 is 15.2 Å².